The van der Waals surface area contributed by atoms with Gasteiger partial charge in [0, 0.05) is 11.3 Å². The number of thioether (sulfide) groups is 2. The van der Waals surface area contributed by atoms with E-state index >= 15 is 0 Å². The Morgan fingerprint density at radius 2 is 1.68 bits per heavy atom. The van der Waals surface area contributed by atoms with Crippen molar-refractivity contribution in [2.24, 2.45) is 0 Å². The Hall–Kier alpha value is -1.83. The average molecular weight is 389 g/mol. The van der Waals surface area contributed by atoms with Gasteiger partial charge in [0.1, 0.15) is 5.75 Å². The minimum atomic E-state index is 0.105. The summed E-state index contributed by atoms with van der Waals surface area (Å²) in [7, 11) is 1.66. The fourth-order valence-corrected chi connectivity index (χ4v) is 4.89. The number of ether oxygens (including phenoxy) is 1. The summed E-state index contributed by atoms with van der Waals surface area (Å²) in [6.07, 6.45) is 0. The van der Waals surface area contributed by atoms with Crippen molar-refractivity contribution in [2.45, 2.75) is 14.4 Å². The Kier molecular flexibility index (Phi) is 6.49. The van der Waals surface area contributed by atoms with Crippen LogP contribution in [0.2, 0.25) is 0 Å². The quantitative estimate of drug-likeness (QED) is 0.408. The van der Waals surface area contributed by atoms with Crippen molar-refractivity contribution in [3.8, 4) is 5.75 Å². The van der Waals surface area contributed by atoms with Gasteiger partial charge in [-0.3, -0.25) is 4.79 Å². The van der Waals surface area contributed by atoms with Crippen LogP contribution in [0.15, 0.2) is 63.3 Å². The summed E-state index contributed by atoms with van der Waals surface area (Å²) in [5.41, 5.74) is 1.93. The molecule has 0 aliphatic carbocycles. The van der Waals surface area contributed by atoms with Crippen molar-refractivity contribution in [1.82, 2.24) is 10.2 Å². The molecule has 0 bridgehead atoms. The van der Waals surface area contributed by atoms with Crippen LogP contribution in [0.5, 0.6) is 5.75 Å². The molecule has 0 atom stereocenters. The van der Waals surface area contributed by atoms with Gasteiger partial charge in [-0.05, 0) is 17.7 Å². The van der Waals surface area contributed by atoms with E-state index in [1.54, 1.807) is 18.9 Å². The van der Waals surface area contributed by atoms with Crippen LogP contribution in [0, 0.1) is 0 Å². The molecular weight excluding hydrogens is 372 g/mol. The summed E-state index contributed by atoms with van der Waals surface area (Å²) in [6.45, 7) is 0. The second kappa shape index (κ2) is 9.03. The lowest BCUT2D eigenvalue weighted by Crippen LogP contribution is -2.01. The van der Waals surface area contributed by atoms with Gasteiger partial charge in [-0.15, -0.1) is 10.2 Å². The number of Topliss-reactive ketones (excluding diaryl/α,β-unsaturated/α-hetero) is 1. The first-order chi connectivity index (χ1) is 12.2. The number of ketones is 1. The highest BCUT2D eigenvalue weighted by molar-refractivity contribution is 8.03. The van der Waals surface area contributed by atoms with Crippen LogP contribution >= 0.6 is 34.9 Å². The molecular formula is C18H16N2O2S3. The second-order valence-corrected chi connectivity index (χ2v) is 8.47. The van der Waals surface area contributed by atoms with Crippen LogP contribution in [0.1, 0.15) is 15.9 Å². The summed E-state index contributed by atoms with van der Waals surface area (Å²) < 4.78 is 6.88. The van der Waals surface area contributed by atoms with E-state index < -0.39 is 0 Å². The molecule has 0 aliphatic heterocycles. The molecule has 0 saturated heterocycles. The molecule has 0 unspecified atom stereocenters. The van der Waals surface area contributed by atoms with E-state index in [1.807, 2.05) is 54.6 Å². The van der Waals surface area contributed by atoms with E-state index in [1.165, 1.54) is 28.7 Å². The Balaban J connectivity index is 1.49. The molecule has 0 amide bonds. The summed E-state index contributed by atoms with van der Waals surface area (Å²) >= 11 is 4.60. The summed E-state index contributed by atoms with van der Waals surface area (Å²) in [4.78, 5) is 12.1. The number of rotatable bonds is 8. The zero-order valence-electron chi connectivity index (χ0n) is 13.5. The predicted octanol–water partition coefficient (Wildman–Crippen LogP) is 4.81. The lowest BCUT2D eigenvalue weighted by atomic mass is 10.2. The summed E-state index contributed by atoms with van der Waals surface area (Å²) in [5.74, 6) is 2.16. The van der Waals surface area contributed by atoms with Crippen molar-refractivity contribution in [2.75, 3.05) is 12.9 Å². The summed E-state index contributed by atoms with van der Waals surface area (Å²) in [5, 5.41) is 8.35. The van der Waals surface area contributed by atoms with Crippen molar-refractivity contribution >= 4 is 40.6 Å². The van der Waals surface area contributed by atoms with Crippen molar-refractivity contribution in [1.29, 1.82) is 0 Å². The van der Waals surface area contributed by atoms with E-state index in [2.05, 4.69) is 10.2 Å². The molecule has 0 saturated carbocycles. The number of methoxy groups -OCH3 is 1. The first-order valence-corrected chi connectivity index (χ1v) is 10.3. The smallest absolute Gasteiger partial charge is 0.175 e. The molecule has 7 heteroatoms. The third-order valence-corrected chi connectivity index (χ3v) is 6.59. The highest BCUT2D eigenvalue weighted by atomic mass is 32.2. The highest BCUT2D eigenvalue weighted by Crippen LogP contribution is 2.31. The maximum Gasteiger partial charge on any atom is 0.175 e. The standard InChI is InChI=1S/C18H16N2O2S3/c1-22-15-9-7-13(8-10-15)11-23-17-19-20-18(25-17)24-12-16(21)14-5-3-2-4-6-14/h2-10H,11-12H2,1H3. The fraction of sp³-hybridized carbons (Fsp3) is 0.167. The number of hydrogen-bond acceptors (Lipinski definition) is 7. The van der Waals surface area contributed by atoms with Crippen molar-refractivity contribution < 1.29 is 9.53 Å². The normalized spacial score (nSPS) is 10.6. The zero-order valence-corrected chi connectivity index (χ0v) is 16.0. The maximum absolute atomic E-state index is 12.1. The topological polar surface area (TPSA) is 52.1 Å². The number of nitrogens with zero attached hydrogens (tertiary/aromatic N) is 2. The molecule has 3 rings (SSSR count). The molecule has 1 aromatic heterocycles. The van der Waals surface area contributed by atoms with Gasteiger partial charge in [-0.1, -0.05) is 77.3 Å². The first-order valence-electron chi connectivity index (χ1n) is 7.55. The molecule has 1 heterocycles. The maximum atomic E-state index is 12.1. The molecule has 4 nitrogen and oxygen atoms in total. The molecule has 3 aromatic rings. The fourth-order valence-electron chi connectivity index (χ4n) is 2.02. The average Bonchev–Trinajstić information content (AvgIpc) is 3.13. The van der Waals surface area contributed by atoms with Crippen molar-refractivity contribution in [3.63, 3.8) is 0 Å². The summed E-state index contributed by atoms with van der Waals surface area (Å²) in [6, 6.07) is 17.3. The zero-order chi connectivity index (χ0) is 17.5. The minimum absolute atomic E-state index is 0.105. The van der Waals surface area contributed by atoms with Gasteiger partial charge < -0.3 is 4.74 Å². The lowest BCUT2D eigenvalue weighted by Gasteiger charge is -2.01. The molecule has 0 aliphatic rings. The van der Waals surface area contributed by atoms with E-state index in [0.717, 1.165) is 25.7 Å². The number of carbonyl (C=O) groups is 1. The van der Waals surface area contributed by atoms with Crippen molar-refractivity contribution in [3.05, 3.63) is 65.7 Å². The van der Waals surface area contributed by atoms with Gasteiger partial charge >= 0.3 is 0 Å². The van der Waals surface area contributed by atoms with Gasteiger partial charge in [0.2, 0.25) is 0 Å². The van der Waals surface area contributed by atoms with Gasteiger partial charge in [0.25, 0.3) is 0 Å². The highest BCUT2D eigenvalue weighted by Gasteiger charge is 2.10. The third-order valence-electron chi connectivity index (χ3n) is 3.33. The van der Waals surface area contributed by atoms with Crippen LogP contribution in [-0.2, 0) is 5.75 Å². The van der Waals surface area contributed by atoms with Gasteiger partial charge in [-0.2, -0.15) is 0 Å². The van der Waals surface area contributed by atoms with E-state index in [4.69, 9.17) is 4.74 Å². The van der Waals surface area contributed by atoms with Crippen LogP contribution in [0.3, 0.4) is 0 Å². The van der Waals surface area contributed by atoms with Gasteiger partial charge in [-0.25, -0.2) is 0 Å². The van der Waals surface area contributed by atoms with E-state index in [0.29, 0.717) is 5.75 Å². The number of carbonyl (C=O) groups excluding carboxylic acids is 1. The molecule has 128 valence electrons. The Morgan fingerprint density at radius 3 is 2.36 bits per heavy atom. The second-order valence-electron chi connectivity index (χ2n) is 5.05. The van der Waals surface area contributed by atoms with Gasteiger partial charge in [0.05, 0.1) is 12.9 Å². The Bertz CT molecular complexity index is 820. The number of hydrogen-bond donors (Lipinski definition) is 0. The van der Waals surface area contributed by atoms with Crippen LogP contribution in [0.25, 0.3) is 0 Å². The monoisotopic (exact) mass is 388 g/mol. The first kappa shape index (κ1) is 18.0. The third kappa shape index (κ3) is 5.32. The Morgan fingerprint density at radius 1 is 1.00 bits per heavy atom. The van der Waals surface area contributed by atoms with E-state index in [9.17, 15) is 4.79 Å². The Labute approximate surface area is 159 Å². The van der Waals surface area contributed by atoms with Gasteiger partial charge in [0.15, 0.2) is 14.5 Å². The number of benzene rings is 2. The van der Waals surface area contributed by atoms with Crippen LogP contribution < -0.4 is 4.74 Å². The molecule has 2 aromatic carbocycles. The lowest BCUT2D eigenvalue weighted by molar-refractivity contribution is 0.102. The number of aromatic nitrogens is 2. The molecule has 0 radical (unpaired) electrons. The minimum Gasteiger partial charge on any atom is -0.497 e. The predicted molar refractivity (Wildman–Crippen MR) is 104 cm³/mol. The molecule has 0 N–H and O–H groups in total. The van der Waals surface area contributed by atoms with Crippen LogP contribution in [-0.4, -0.2) is 28.8 Å². The SMILES string of the molecule is COc1ccc(CSc2nnc(SCC(=O)c3ccccc3)s2)cc1. The largest absolute Gasteiger partial charge is 0.497 e. The van der Waals surface area contributed by atoms with Crippen LogP contribution in [0.4, 0.5) is 0 Å². The van der Waals surface area contributed by atoms with E-state index in [-0.39, 0.29) is 5.78 Å². The molecule has 0 spiro atoms. The molecule has 25 heavy (non-hydrogen) atoms. The molecule has 0 fully saturated rings.